The van der Waals surface area contributed by atoms with Crippen LogP contribution in [-0.4, -0.2) is 17.3 Å². The molecule has 1 rings (SSSR count). The molecule has 0 bridgehead atoms. The van der Waals surface area contributed by atoms with Crippen molar-refractivity contribution in [1.82, 2.24) is 10.3 Å². The molecule has 3 heteroatoms. The van der Waals surface area contributed by atoms with E-state index in [1.54, 1.807) is 0 Å². The first-order valence-electron chi connectivity index (χ1n) is 7.10. The van der Waals surface area contributed by atoms with Gasteiger partial charge in [-0.25, -0.2) is 4.98 Å². The zero-order chi connectivity index (χ0) is 13.2. The van der Waals surface area contributed by atoms with Gasteiger partial charge in [0, 0.05) is 17.8 Å². The summed E-state index contributed by atoms with van der Waals surface area (Å²) in [4.78, 5) is 4.53. The summed E-state index contributed by atoms with van der Waals surface area (Å²) < 4.78 is 0. The molecule has 1 N–H and O–H groups in total. The highest BCUT2D eigenvalue weighted by molar-refractivity contribution is 7.99. The number of nitrogens with zero attached hydrogens (tertiary/aromatic N) is 1. The fraction of sp³-hybridized carbons (Fsp3) is 0.667. The molecule has 18 heavy (non-hydrogen) atoms. The lowest BCUT2D eigenvalue weighted by Gasteiger charge is -2.16. The predicted molar refractivity (Wildman–Crippen MR) is 81.2 cm³/mol. The summed E-state index contributed by atoms with van der Waals surface area (Å²) >= 11 is 1.90. The monoisotopic (exact) mass is 266 g/mol. The minimum atomic E-state index is 0.396. The van der Waals surface area contributed by atoms with Crippen molar-refractivity contribution in [3.63, 3.8) is 0 Å². The van der Waals surface area contributed by atoms with Gasteiger partial charge in [0.05, 0.1) is 0 Å². The summed E-state index contributed by atoms with van der Waals surface area (Å²) in [5.41, 5.74) is 1.34. The second kappa shape index (κ2) is 9.40. The highest BCUT2D eigenvalue weighted by Gasteiger charge is 2.10. The number of hydrogen-bond acceptors (Lipinski definition) is 3. The third-order valence-electron chi connectivity index (χ3n) is 2.95. The molecule has 1 aromatic heterocycles. The minimum Gasteiger partial charge on any atom is -0.310 e. The second-order valence-electron chi connectivity index (χ2n) is 4.63. The number of unbranched alkanes of at least 4 members (excludes halogenated alkanes) is 2. The molecule has 2 nitrogen and oxygen atoms in total. The summed E-state index contributed by atoms with van der Waals surface area (Å²) in [5, 5.41) is 4.74. The zero-order valence-electron chi connectivity index (χ0n) is 11.9. The van der Waals surface area contributed by atoms with Crippen LogP contribution in [0.25, 0.3) is 0 Å². The smallest absolute Gasteiger partial charge is 0.101 e. The van der Waals surface area contributed by atoms with Crippen molar-refractivity contribution in [1.29, 1.82) is 0 Å². The van der Waals surface area contributed by atoms with E-state index in [1.807, 2.05) is 24.0 Å². The largest absolute Gasteiger partial charge is 0.310 e. The van der Waals surface area contributed by atoms with E-state index in [4.69, 9.17) is 0 Å². The van der Waals surface area contributed by atoms with Gasteiger partial charge in [0.25, 0.3) is 0 Å². The Hall–Kier alpha value is -0.540. The Labute approximate surface area is 116 Å². The van der Waals surface area contributed by atoms with E-state index in [0.29, 0.717) is 6.04 Å². The first-order chi connectivity index (χ1) is 8.79. The van der Waals surface area contributed by atoms with Crippen molar-refractivity contribution in [2.75, 3.05) is 12.3 Å². The van der Waals surface area contributed by atoms with Crippen LogP contribution in [0, 0.1) is 0 Å². The van der Waals surface area contributed by atoms with Crippen molar-refractivity contribution >= 4 is 11.8 Å². The Morgan fingerprint density at radius 1 is 1.28 bits per heavy atom. The third kappa shape index (κ3) is 5.40. The molecule has 0 saturated heterocycles. The highest BCUT2D eigenvalue weighted by atomic mass is 32.2. The van der Waals surface area contributed by atoms with Gasteiger partial charge in [-0.1, -0.05) is 32.8 Å². The van der Waals surface area contributed by atoms with Crippen molar-refractivity contribution in [2.24, 2.45) is 0 Å². The van der Waals surface area contributed by atoms with Crippen molar-refractivity contribution in [3.05, 3.63) is 23.9 Å². The first kappa shape index (κ1) is 15.5. The van der Waals surface area contributed by atoms with Crippen molar-refractivity contribution in [2.45, 2.75) is 57.5 Å². The van der Waals surface area contributed by atoms with Crippen LogP contribution >= 0.6 is 11.8 Å². The third-order valence-corrected chi connectivity index (χ3v) is 4.06. The van der Waals surface area contributed by atoms with Crippen LogP contribution in [0.5, 0.6) is 0 Å². The molecule has 1 atom stereocenters. The Morgan fingerprint density at radius 2 is 2.11 bits per heavy atom. The van der Waals surface area contributed by atoms with Gasteiger partial charge in [-0.05, 0) is 38.1 Å². The number of thioether (sulfide) groups is 1. The van der Waals surface area contributed by atoms with E-state index < -0.39 is 0 Å². The van der Waals surface area contributed by atoms with Gasteiger partial charge in [0.1, 0.15) is 5.03 Å². The standard InChI is InChI=1S/C15H26N2S/c1-4-6-7-12-18-15-14(9-8-11-17-15)13(3)16-10-5-2/h8-9,11,13,16H,4-7,10,12H2,1-3H3. The molecule has 0 radical (unpaired) electrons. The van der Waals surface area contributed by atoms with E-state index >= 15 is 0 Å². The Morgan fingerprint density at radius 3 is 2.83 bits per heavy atom. The summed E-state index contributed by atoms with van der Waals surface area (Å²) in [6, 6.07) is 4.63. The SMILES string of the molecule is CCCCCSc1ncccc1C(C)NCCC. The second-order valence-corrected chi connectivity index (χ2v) is 5.71. The van der Waals surface area contributed by atoms with Crippen molar-refractivity contribution < 1.29 is 0 Å². The first-order valence-corrected chi connectivity index (χ1v) is 8.09. The molecule has 0 aromatic carbocycles. The maximum atomic E-state index is 4.53. The molecule has 0 fully saturated rings. The number of nitrogens with one attached hydrogen (secondary N) is 1. The lowest BCUT2D eigenvalue weighted by atomic mass is 10.1. The maximum absolute atomic E-state index is 4.53. The van der Waals surface area contributed by atoms with E-state index in [1.165, 1.54) is 42.0 Å². The number of rotatable bonds is 9. The predicted octanol–water partition coefficient (Wildman–Crippen LogP) is 4.42. The topological polar surface area (TPSA) is 24.9 Å². The van der Waals surface area contributed by atoms with Gasteiger partial charge in [0.15, 0.2) is 0 Å². The molecule has 1 heterocycles. The maximum Gasteiger partial charge on any atom is 0.101 e. The summed E-state index contributed by atoms with van der Waals surface area (Å²) in [6.07, 6.45) is 6.96. The molecule has 0 saturated carbocycles. The van der Waals surface area contributed by atoms with Crippen LogP contribution in [0.4, 0.5) is 0 Å². The normalized spacial score (nSPS) is 12.6. The van der Waals surface area contributed by atoms with Crippen LogP contribution in [0.3, 0.4) is 0 Å². The average Bonchev–Trinajstić information content (AvgIpc) is 2.41. The fourth-order valence-electron chi connectivity index (χ4n) is 1.85. The van der Waals surface area contributed by atoms with Crippen LogP contribution in [0.15, 0.2) is 23.4 Å². The summed E-state index contributed by atoms with van der Waals surface area (Å²) in [7, 11) is 0. The number of hydrogen-bond donors (Lipinski definition) is 1. The Bertz CT molecular complexity index is 328. The molecule has 0 amide bonds. The molecule has 0 aliphatic heterocycles. The van der Waals surface area contributed by atoms with Gasteiger partial charge in [-0.15, -0.1) is 11.8 Å². The molecule has 0 spiro atoms. The molecular formula is C15H26N2S. The molecule has 1 aromatic rings. The Balaban J connectivity index is 2.55. The van der Waals surface area contributed by atoms with Gasteiger partial charge >= 0.3 is 0 Å². The minimum absolute atomic E-state index is 0.396. The molecule has 0 aliphatic rings. The summed E-state index contributed by atoms with van der Waals surface area (Å²) in [5.74, 6) is 1.18. The molecular weight excluding hydrogens is 240 g/mol. The quantitative estimate of drug-likeness (QED) is 0.529. The number of aromatic nitrogens is 1. The number of pyridine rings is 1. The van der Waals surface area contributed by atoms with E-state index in [2.05, 4.69) is 37.1 Å². The van der Waals surface area contributed by atoms with E-state index in [0.717, 1.165) is 6.54 Å². The van der Waals surface area contributed by atoms with Crippen LogP contribution in [0.1, 0.15) is 58.1 Å². The van der Waals surface area contributed by atoms with Crippen molar-refractivity contribution in [3.8, 4) is 0 Å². The fourth-order valence-corrected chi connectivity index (χ4v) is 2.93. The van der Waals surface area contributed by atoms with Crippen LogP contribution < -0.4 is 5.32 Å². The molecule has 1 unspecified atom stereocenters. The van der Waals surface area contributed by atoms with E-state index in [-0.39, 0.29) is 0 Å². The van der Waals surface area contributed by atoms with E-state index in [9.17, 15) is 0 Å². The lowest BCUT2D eigenvalue weighted by Crippen LogP contribution is -2.20. The summed E-state index contributed by atoms with van der Waals surface area (Å²) in [6.45, 7) is 7.73. The highest BCUT2D eigenvalue weighted by Crippen LogP contribution is 2.26. The Kier molecular flexibility index (Phi) is 8.10. The zero-order valence-corrected chi connectivity index (χ0v) is 12.7. The van der Waals surface area contributed by atoms with Crippen LogP contribution in [-0.2, 0) is 0 Å². The van der Waals surface area contributed by atoms with Crippen LogP contribution in [0.2, 0.25) is 0 Å². The van der Waals surface area contributed by atoms with Gasteiger partial charge in [0.2, 0.25) is 0 Å². The molecule has 102 valence electrons. The van der Waals surface area contributed by atoms with Gasteiger partial charge < -0.3 is 5.32 Å². The average molecular weight is 266 g/mol. The molecule has 0 aliphatic carbocycles. The lowest BCUT2D eigenvalue weighted by molar-refractivity contribution is 0.560. The van der Waals surface area contributed by atoms with Gasteiger partial charge in [-0.2, -0.15) is 0 Å². The van der Waals surface area contributed by atoms with Gasteiger partial charge in [-0.3, -0.25) is 0 Å².